The summed E-state index contributed by atoms with van der Waals surface area (Å²) in [4.78, 5) is 4.23. The van der Waals surface area contributed by atoms with Gasteiger partial charge in [-0.05, 0) is 19.3 Å². The molecule has 1 rings (SSSR count). The van der Waals surface area contributed by atoms with Gasteiger partial charge in [0.2, 0.25) is 5.89 Å². The second-order valence-electron chi connectivity index (χ2n) is 4.84. The van der Waals surface area contributed by atoms with E-state index in [4.69, 9.17) is 9.26 Å². The maximum atomic E-state index is 9.76. The molecule has 1 heterocycles. The van der Waals surface area contributed by atoms with Crippen LogP contribution in [0.15, 0.2) is 4.52 Å². The molecule has 0 spiro atoms. The Bertz CT molecular complexity index is 325. The van der Waals surface area contributed by atoms with Crippen LogP contribution in [0.1, 0.15) is 38.9 Å². The van der Waals surface area contributed by atoms with E-state index in [0.717, 1.165) is 6.42 Å². The average molecular weight is 242 g/mol. The van der Waals surface area contributed by atoms with Crippen molar-refractivity contribution in [2.45, 2.75) is 52.2 Å². The zero-order valence-corrected chi connectivity index (χ0v) is 11.0. The second-order valence-corrected chi connectivity index (χ2v) is 4.84. The van der Waals surface area contributed by atoms with E-state index in [-0.39, 0.29) is 6.10 Å². The van der Waals surface area contributed by atoms with Crippen LogP contribution in [0.25, 0.3) is 0 Å². The van der Waals surface area contributed by atoms with Gasteiger partial charge in [0.05, 0.1) is 18.6 Å². The summed E-state index contributed by atoms with van der Waals surface area (Å²) in [5.74, 6) is 1.59. The van der Waals surface area contributed by atoms with E-state index >= 15 is 0 Å². The minimum Gasteiger partial charge on any atom is -0.393 e. The summed E-state index contributed by atoms with van der Waals surface area (Å²) in [6.45, 7) is 6.09. The van der Waals surface area contributed by atoms with Gasteiger partial charge in [-0.15, -0.1) is 0 Å². The van der Waals surface area contributed by atoms with E-state index in [0.29, 0.717) is 30.5 Å². The molecule has 5 heteroatoms. The third-order valence-electron chi connectivity index (χ3n) is 2.54. The number of methoxy groups -OCH3 is 1. The summed E-state index contributed by atoms with van der Waals surface area (Å²) in [6, 6.07) is 0. The molecule has 0 aliphatic rings. The Kier molecular flexibility index (Phi) is 5.58. The molecule has 2 atom stereocenters. The number of aliphatic hydroxyl groups is 1. The predicted molar refractivity (Wildman–Crippen MR) is 63.6 cm³/mol. The Morgan fingerprint density at radius 3 is 2.59 bits per heavy atom. The van der Waals surface area contributed by atoms with Gasteiger partial charge in [-0.1, -0.05) is 19.0 Å². The van der Waals surface area contributed by atoms with E-state index in [1.807, 2.05) is 6.92 Å². The number of hydrogen-bond donors (Lipinski definition) is 1. The molecule has 5 nitrogen and oxygen atoms in total. The minimum absolute atomic E-state index is 0.0704. The molecule has 17 heavy (non-hydrogen) atoms. The van der Waals surface area contributed by atoms with Crippen LogP contribution < -0.4 is 0 Å². The van der Waals surface area contributed by atoms with E-state index in [1.165, 1.54) is 0 Å². The summed E-state index contributed by atoms with van der Waals surface area (Å²) in [5.41, 5.74) is 0. The van der Waals surface area contributed by atoms with Gasteiger partial charge in [0.1, 0.15) is 0 Å². The van der Waals surface area contributed by atoms with Crippen LogP contribution in [0.3, 0.4) is 0 Å². The Morgan fingerprint density at radius 2 is 2.00 bits per heavy atom. The average Bonchev–Trinajstić information content (AvgIpc) is 2.63. The predicted octanol–water partition coefficient (Wildman–Crippen LogP) is 1.60. The molecular formula is C12H22N2O3. The lowest BCUT2D eigenvalue weighted by molar-refractivity contribution is 0.116. The van der Waals surface area contributed by atoms with Gasteiger partial charge in [-0.25, -0.2) is 0 Å². The van der Waals surface area contributed by atoms with Gasteiger partial charge < -0.3 is 14.4 Å². The van der Waals surface area contributed by atoms with Crippen LogP contribution in [0.4, 0.5) is 0 Å². The van der Waals surface area contributed by atoms with Crippen LogP contribution in [0.5, 0.6) is 0 Å². The normalized spacial score (nSPS) is 15.2. The summed E-state index contributed by atoms with van der Waals surface area (Å²) in [7, 11) is 1.65. The van der Waals surface area contributed by atoms with Crippen molar-refractivity contribution in [3.8, 4) is 0 Å². The number of nitrogens with zero attached hydrogens (tertiary/aromatic N) is 2. The van der Waals surface area contributed by atoms with Crippen molar-refractivity contribution in [3.05, 3.63) is 11.7 Å². The largest absolute Gasteiger partial charge is 0.393 e. The van der Waals surface area contributed by atoms with Crippen molar-refractivity contribution in [1.29, 1.82) is 0 Å². The third kappa shape index (κ3) is 5.28. The maximum Gasteiger partial charge on any atom is 0.229 e. The lowest BCUT2D eigenvalue weighted by Gasteiger charge is -2.09. The van der Waals surface area contributed by atoms with Gasteiger partial charge in [-0.2, -0.15) is 4.98 Å². The molecule has 1 aromatic heterocycles. The molecule has 1 N–H and O–H groups in total. The molecule has 98 valence electrons. The molecular weight excluding hydrogens is 220 g/mol. The van der Waals surface area contributed by atoms with Crippen molar-refractivity contribution in [3.63, 3.8) is 0 Å². The van der Waals surface area contributed by atoms with Crippen LogP contribution in [0.2, 0.25) is 0 Å². The Labute approximate surface area is 102 Å². The monoisotopic (exact) mass is 242 g/mol. The first-order chi connectivity index (χ1) is 8.01. The zero-order valence-electron chi connectivity index (χ0n) is 11.0. The van der Waals surface area contributed by atoms with E-state index in [1.54, 1.807) is 7.11 Å². The lowest BCUT2D eigenvalue weighted by atomic mass is 10.0. The van der Waals surface area contributed by atoms with Crippen LogP contribution >= 0.6 is 0 Å². The van der Waals surface area contributed by atoms with Gasteiger partial charge in [0.25, 0.3) is 0 Å². The van der Waals surface area contributed by atoms with Crippen LogP contribution in [-0.2, 0) is 17.6 Å². The summed E-state index contributed by atoms with van der Waals surface area (Å²) >= 11 is 0. The highest BCUT2D eigenvalue weighted by Gasteiger charge is 2.14. The number of ether oxygens (including phenoxy) is 1. The zero-order chi connectivity index (χ0) is 12.8. The number of aliphatic hydroxyl groups excluding tert-OH is 1. The van der Waals surface area contributed by atoms with Crippen LogP contribution in [-0.4, -0.2) is 34.6 Å². The fraction of sp³-hybridized carbons (Fsp3) is 0.833. The summed E-state index contributed by atoms with van der Waals surface area (Å²) in [6.07, 6.45) is 1.45. The van der Waals surface area contributed by atoms with Gasteiger partial charge in [0, 0.05) is 13.5 Å². The lowest BCUT2D eigenvalue weighted by Crippen LogP contribution is -2.14. The van der Waals surface area contributed by atoms with Crippen molar-refractivity contribution in [2.75, 3.05) is 7.11 Å². The Hall–Kier alpha value is -0.940. The molecule has 0 saturated carbocycles. The summed E-state index contributed by atoms with van der Waals surface area (Å²) < 4.78 is 10.2. The van der Waals surface area contributed by atoms with E-state index in [2.05, 4.69) is 24.0 Å². The first-order valence-electron chi connectivity index (χ1n) is 6.03. The molecule has 0 amide bonds. The Morgan fingerprint density at radius 1 is 1.29 bits per heavy atom. The third-order valence-corrected chi connectivity index (χ3v) is 2.54. The molecule has 0 aliphatic heterocycles. The highest BCUT2D eigenvalue weighted by molar-refractivity contribution is 4.89. The number of hydrogen-bond acceptors (Lipinski definition) is 5. The fourth-order valence-electron chi connectivity index (χ4n) is 1.63. The van der Waals surface area contributed by atoms with Crippen molar-refractivity contribution in [1.82, 2.24) is 10.1 Å². The molecule has 0 radical (unpaired) electrons. The van der Waals surface area contributed by atoms with E-state index < -0.39 is 6.10 Å². The summed E-state index contributed by atoms with van der Waals surface area (Å²) in [5, 5.41) is 13.6. The van der Waals surface area contributed by atoms with Crippen molar-refractivity contribution in [2.24, 2.45) is 5.92 Å². The maximum absolute atomic E-state index is 9.76. The smallest absolute Gasteiger partial charge is 0.229 e. The SMILES string of the molecule is COC(C)Cc1noc(CC(O)CC(C)C)n1. The Balaban J connectivity index is 2.45. The quantitative estimate of drug-likeness (QED) is 0.786. The topological polar surface area (TPSA) is 68.4 Å². The van der Waals surface area contributed by atoms with Crippen molar-refractivity contribution < 1.29 is 14.4 Å². The number of aromatic nitrogens is 2. The highest BCUT2D eigenvalue weighted by atomic mass is 16.5. The molecule has 0 aliphatic carbocycles. The van der Waals surface area contributed by atoms with E-state index in [9.17, 15) is 5.11 Å². The molecule has 0 aromatic carbocycles. The van der Waals surface area contributed by atoms with Gasteiger partial charge in [0.15, 0.2) is 5.82 Å². The standard InChI is InChI=1S/C12H22N2O3/c1-8(2)5-10(15)7-12-13-11(14-17-12)6-9(3)16-4/h8-10,15H,5-7H2,1-4H3. The van der Waals surface area contributed by atoms with Gasteiger partial charge in [-0.3, -0.25) is 0 Å². The van der Waals surface area contributed by atoms with Gasteiger partial charge >= 0.3 is 0 Å². The second kappa shape index (κ2) is 6.71. The number of rotatable bonds is 7. The molecule has 0 bridgehead atoms. The fourth-order valence-corrected chi connectivity index (χ4v) is 1.63. The van der Waals surface area contributed by atoms with Crippen LogP contribution in [0, 0.1) is 5.92 Å². The molecule has 0 fully saturated rings. The molecule has 0 saturated heterocycles. The first-order valence-corrected chi connectivity index (χ1v) is 6.03. The minimum atomic E-state index is -0.414. The first kappa shape index (κ1) is 14.1. The highest BCUT2D eigenvalue weighted by Crippen LogP contribution is 2.10. The molecule has 1 aromatic rings. The van der Waals surface area contributed by atoms with Crippen molar-refractivity contribution >= 4 is 0 Å². The molecule has 2 unspecified atom stereocenters.